The van der Waals surface area contributed by atoms with Crippen molar-refractivity contribution >= 4 is 84.1 Å². The molecule has 6 rings (SSSR count). The van der Waals surface area contributed by atoms with E-state index >= 15 is 0 Å². The van der Waals surface area contributed by atoms with Gasteiger partial charge in [0.15, 0.2) is 0 Å². The van der Waals surface area contributed by atoms with Crippen molar-refractivity contribution in [2.75, 3.05) is 23.0 Å². The number of nitrogens with zero attached hydrogens (tertiary/aromatic N) is 1. The van der Waals surface area contributed by atoms with Crippen LogP contribution in [0.3, 0.4) is 0 Å². The fourth-order valence-corrected chi connectivity index (χ4v) is 10.3. The van der Waals surface area contributed by atoms with Gasteiger partial charge in [-0.15, -0.1) is 22.7 Å². The third-order valence-electron chi connectivity index (χ3n) is 7.97. The molecule has 0 aliphatic rings. The Kier molecular flexibility index (Phi) is 20.0. The van der Waals surface area contributed by atoms with Gasteiger partial charge in [-0.25, -0.2) is 0 Å². The highest BCUT2D eigenvalue weighted by atomic mass is 32.2. The number of para-hydroxylation sites is 1. The molecule has 18 nitrogen and oxygen atoms in total. The standard InChI is InChI=1S/C11H14N2O3S.C11H13NO3S2.C8H12N2O3S.C7H11NO3S2/c12-9(7-17(14,15)16)6-10-5-8-3-1-2-4-11(8)13-10;12-9(7-17(13,14)15)6-10-5-8-3-1-2-4-11(8)16-10;9-8(6-14(11,12)13)4-7-2-1-3-10-5-7;8-6(5-13(9,10)11)4-7-2-1-3-12-7/h1-5,9,13H,6-7,12H2,(H,14,15,16);1-5,9H,6-7,12H2,(H,13,14,15);1-3,5,8H,4,6,9H2,(H,11,12,13);1-3,6H,4-5,8H2,(H,9,10,11). The van der Waals surface area contributed by atoms with Crippen LogP contribution in [0.1, 0.15) is 21.0 Å². The second kappa shape index (κ2) is 23.6. The summed E-state index contributed by atoms with van der Waals surface area (Å²) in [6.45, 7) is 0. The molecule has 61 heavy (non-hydrogen) atoms. The zero-order valence-corrected chi connectivity index (χ0v) is 37.4. The first-order valence-electron chi connectivity index (χ1n) is 18.1. The van der Waals surface area contributed by atoms with Crippen molar-refractivity contribution in [2.24, 2.45) is 22.9 Å². The monoisotopic (exact) mass is 962 g/mol. The number of rotatable bonds is 16. The highest BCUT2D eigenvalue weighted by Crippen LogP contribution is 2.26. The maximum atomic E-state index is 10.7. The van der Waals surface area contributed by atoms with Gasteiger partial charge in [-0.2, -0.15) is 33.7 Å². The van der Waals surface area contributed by atoms with Gasteiger partial charge in [0.05, 0.1) is 23.0 Å². The molecule has 0 saturated carbocycles. The van der Waals surface area contributed by atoms with E-state index in [1.807, 2.05) is 78.2 Å². The second-order valence-electron chi connectivity index (χ2n) is 13.9. The van der Waals surface area contributed by atoms with E-state index in [1.54, 1.807) is 35.9 Å². The molecular formula is C37H50N6O12S6. The Morgan fingerprint density at radius 2 is 1.07 bits per heavy atom. The molecule has 0 aliphatic carbocycles. The van der Waals surface area contributed by atoms with Crippen LogP contribution in [-0.4, -0.2) is 109 Å². The van der Waals surface area contributed by atoms with E-state index in [0.717, 1.165) is 42.0 Å². The minimum Gasteiger partial charge on any atom is -0.358 e. The summed E-state index contributed by atoms with van der Waals surface area (Å²) in [4.78, 5) is 9.08. The summed E-state index contributed by atoms with van der Waals surface area (Å²) in [6.07, 6.45) is 4.94. The molecule has 24 heteroatoms. The first-order valence-corrected chi connectivity index (χ1v) is 26.2. The minimum absolute atomic E-state index is 0.383. The summed E-state index contributed by atoms with van der Waals surface area (Å²) in [6, 6.07) is 24.6. The molecule has 0 aliphatic heterocycles. The number of aromatic nitrogens is 2. The highest BCUT2D eigenvalue weighted by molar-refractivity contribution is 7.86. The van der Waals surface area contributed by atoms with E-state index < -0.39 is 81.9 Å². The minimum atomic E-state index is -4.01. The SMILES string of the molecule is NC(Cc1cc2ccccc2[nH]1)CS(=O)(=O)O.NC(Cc1cc2ccccc2s1)CS(=O)(=O)O.NC(Cc1cccnc1)CS(=O)(=O)O.NC(Cc1cccs1)CS(=O)(=O)O. The van der Waals surface area contributed by atoms with E-state index in [-0.39, 0.29) is 5.75 Å². The van der Waals surface area contributed by atoms with Crippen LogP contribution in [0.15, 0.2) is 103 Å². The van der Waals surface area contributed by atoms with E-state index in [2.05, 4.69) is 9.97 Å². The second-order valence-corrected chi connectivity index (χ2v) is 22.1. The molecule has 4 unspecified atom stereocenters. The first kappa shape index (κ1) is 51.6. The van der Waals surface area contributed by atoms with E-state index in [9.17, 15) is 33.7 Å². The molecule has 0 saturated heterocycles. The lowest BCUT2D eigenvalue weighted by Gasteiger charge is -2.08. The van der Waals surface area contributed by atoms with Crippen LogP contribution < -0.4 is 22.9 Å². The van der Waals surface area contributed by atoms with E-state index in [4.69, 9.17) is 41.1 Å². The topological polar surface area (TPSA) is 350 Å². The number of pyridine rings is 1. The third-order valence-corrected chi connectivity index (χ3v) is 13.4. The van der Waals surface area contributed by atoms with Gasteiger partial charge in [0.25, 0.3) is 40.5 Å². The van der Waals surface area contributed by atoms with Crippen molar-refractivity contribution in [3.05, 3.63) is 124 Å². The molecule has 13 N–H and O–H groups in total. The van der Waals surface area contributed by atoms with Gasteiger partial charge in [0.2, 0.25) is 0 Å². The Morgan fingerprint density at radius 3 is 1.56 bits per heavy atom. The van der Waals surface area contributed by atoms with Crippen LogP contribution in [0.2, 0.25) is 0 Å². The van der Waals surface area contributed by atoms with Crippen LogP contribution in [0.25, 0.3) is 21.0 Å². The molecule has 2 aromatic carbocycles. The fourth-order valence-electron chi connectivity index (χ4n) is 5.75. The average molecular weight is 963 g/mol. The molecule has 6 aromatic rings. The molecule has 0 radical (unpaired) electrons. The van der Waals surface area contributed by atoms with Crippen molar-refractivity contribution in [1.29, 1.82) is 0 Å². The number of hydrogen-bond donors (Lipinski definition) is 9. The van der Waals surface area contributed by atoms with Crippen molar-refractivity contribution < 1.29 is 51.9 Å². The zero-order chi connectivity index (χ0) is 45.4. The van der Waals surface area contributed by atoms with Gasteiger partial charge < -0.3 is 27.9 Å². The summed E-state index contributed by atoms with van der Waals surface area (Å²) in [5.41, 5.74) is 25.1. The lowest BCUT2D eigenvalue weighted by molar-refractivity contribution is 0.474. The van der Waals surface area contributed by atoms with Gasteiger partial charge in [0, 0.05) is 68.6 Å². The number of nitrogens with one attached hydrogen (secondary N) is 1. The number of fused-ring (bicyclic) bond motifs is 2. The van der Waals surface area contributed by atoms with Crippen molar-refractivity contribution in [3.8, 4) is 0 Å². The van der Waals surface area contributed by atoms with Crippen LogP contribution >= 0.6 is 22.7 Å². The van der Waals surface area contributed by atoms with Crippen LogP contribution in [-0.2, 0) is 66.2 Å². The Bertz CT molecular complexity index is 2520. The molecular weight excluding hydrogens is 913 g/mol. The molecule has 0 fully saturated rings. The summed E-state index contributed by atoms with van der Waals surface area (Å²) in [5.74, 6) is -1.64. The van der Waals surface area contributed by atoms with Crippen molar-refractivity contribution in [3.63, 3.8) is 0 Å². The van der Waals surface area contributed by atoms with Gasteiger partial charge >= 0.3 is 0 Å². The maximum absolute atomic E-state index is 10.7. The summed E-state index contributed by atoms with van der Waals surface area (Å²) < 4.78 is 120. The van der Waals surface area contributed by atoms with Crippen LogP contribution in [0.5, 0.6) is 0 Å². The Balaban J connectivity index is 0.000000218. The lowest BCUT2D eigenvalue weighted by atomic mass is 10.1. The largest absolute Gasteiger partial charge is 0.358 e. The van der Waals surface area contributed by atoms with Gasteiger partial charge in [-0.1, -0.05) is 48.5 Å². The summed E-state index contributed by atoms with van der Waals surface area (Å²) in [7, 11) is -15.9. The molecule has 4 atom stereocenters. The van der Waals surface area contributed by atoms with Crippen molar-refractivity contribution in [1.82, 2.24) is 9.97 Å². The Hall–Kier alpha value is -3.73. The number of thiophene rings is 2. The summed E-state index contributed by atoms with van der Waals surface area (Å²) in [5, 5.41) is 4.09. The third kappa shape index (κ3) is 22.8. The number of H-pyrrole nitrogens is 1. The predicted octanol–water partition coefficient (Wildman–Crippen LogP) is 2.93. The maximum Gasteiger partial charge on any atom is 0.266 e. The molecule has 0 amide bonds. The van der Waals surface area contributed by atoms with Crippen LogP contribution in [0.4, 0.5) is 0 Å². The van der Waals surface area contributed by atoms with E-state index in [0.29, 0.717) is 25.7 Å². The number of hydrogen-bond acceptors (Lipinski definition) is 15. The van der Waals surface area contributed by atoms with E-state index in [1.165, 1.54) is 11.3 Å². The highest BCUT2D eigenvalue weighted by Gasteiger charge is 2.17. The van der Waals surface area contributed by atoms with Gasteiger partial charge in [0.1, 0.15) is 0 Å². The molecule has 4 heterocycles. The smallest absolute Gasteiger partial charge is 0.266 e. The predicted molar refractivity (Wildman–Crippen MR) is 241 cm³/mol. The Morgan fingerprint density at radius 1 is 0.557 bits per heavy atom. The van der Waals surface area contributed by atoms with Crippen LogP contribution in [0, 0.1) is 0 Å². The number of aromatic amines is 1. The van der Waals surface area contributed by atoms with Gasteiger partial charge in [-0.3, -0.25) is 23.2 Å². The molecule has 0 spiro atoms. The first-order chi connectivity index (χ1) is 28.3. The summed E-state index contributed by atoms with van der Waals surface area (Å²) >= 11 is 3.12. The lowest BCUT2D eigenvalue weighted by Crippen LogP contribution is -2.31. The fraction of sp³-hybridized carbons (Fsp3) is 0.324. The van der Waals surface area contributed by atoms with Gasteiger partial charge in [-0.05, 0) is 77.4 Å². The quantitative estimate of drug-likeness (QED) is 0.0630. The molecule has 336 valence electrons. The average Bonchev–Trinajstić information content (AvgIpc) is 3.86. The molecule has 4 aromatic heterocycles. The number of nitrogens with two attached hydrogens (primary N) is 4. The molecule has 0 bridgehead atoms. The normalized spacial score (nSPS) is 14.0. The number of benzene rings is 2. The Labute approximate surface area is 363 Å². The zero-order valence-electron chi connectivity index (χ0n) is 32.5. The van der Waals surface area contributed by atoms with Crippen molar-refractivity contribution in [2.45, 2.75) is 49.9 Å².